The van der Waals surface area contributed by atoms with Gasteiger partial charge in [0.05, 0.1) is 6.54 Å². The van der Waals surface area contributed by atoms with Gasteiger partial charge in [0.15, 0.2) is 0 Å². The average molecular weight is 169 g/mol. The number of rotatable bonds is 5. The number of carbonyl (C=O) groups is 1. The van der Waals surface area contributed by atoms with Crippen LogP contribution in [0.25, 0.3) is 0 Å². The minimum absolute atomic E-state index is 0.175. The number of hydrogen-bond acceptors (Lipinski definition) is 2. The monoisotopic (exact) mass is 169 g/mol. The van der Waals surface area contributed by atoms with Crippen LogP contribution in [0.15, 0.2) is 0 Å². The van der Waals surface area contributed by atoms with E-state index in [4.69, 9.17) is 0 Å². The van der Waals surface area contributed by atoms with Crippen LogP contribution in [0.2, 0.25) is 0 Å². The predicted octanol–water partition coefficient (Wildman–Crippen LogP) is 1.46. The third kappa shape index (κ3) is 2.94. The molecule has 2 nitrogen and oxygen atoms in total. The Hall–Kier alpha value is -0.370. The van der Waals surface area contributed by atoms with Crippen molar-refractivity contribution in [3.63, 3.8) is 0 Å². The summed E-state index contributed by atoms with van der Waals surface area (Å²) >= 11 is 0. The van der Waals surface area contributed by atoms with Gasteiger partial charge in [-0.2, -0.15) is 0 Å². The summed E-state index contributed by atoms with van der Waals surface area (Å²) in [4.78, 5) is 11.2. The number of carbonyl (C=O) groups excluding carboxylic acids is 1. The fourth-order valence-corrected chi connectivity index (χ4v) is 1.27. The molecule has 2 atom stereocenters. The van der Waals surface area contributed by atoms with E-state index in [0.717, 1.165) is 18.4 Å². The lowest BCUT2D eigenvalue weighted by atomic mass is 10.1. The van der Waals surface area contributed by atoms with Crippen molar-refractivity contribution in [3.8, 4) is 0 Å². The molecule has 2 heteroatoms. The molecule has 0 bridgehead atoms. The van der Waals surface area contributed by atoms with Crippen LogP contribution in [0.3, 0.4) is 0 Å². The highest BCUT2D eigenvalue weighted by Gasteiger charge is 2.31. The second kappa shape index (κ2) is 4.04. The second-order valence-corrected chi connectivity index (χ2v) is 4.22. The third-order valence-corrected chi connectivity index (χ3v) is 2.63. The first-order valence-electron chi connectivity index (χ1n) is 4.84. The first-order chi connectivity index (χ1) is 5.61. The summed E-state index contributed by atoms with van der Waals surface area (Å²) in [6.45, 7) is 7.74. The summed E-state index contributed by atoms with van der Waals surface area (Å²) in [6, 6.07) is 0. The van der Waals surface area contributed by atoms with Gasteiger partial charge in [-0.1, -0.05) is 20.8 Å². The first-order valence-corrected chi connectivity index (χ1v) is 4.84. The molecule has 1 fully saturated rings. The molecule has 0 aliphatic heterocycles. The van der Waals surface area contributed by atoms with Gasteiger partial charge in [-0.3, -0.25) is 4.79 Å². The molecule has 0 aromatic heterocycles. The van der Waals surface area contributed by atoms with Crippen LogP contribution in [-0.2, 0) is 4.79 Å². The number of ketones is 1. The van der Waals surface area contributed by atoms with Crippen LogP contribution in [0, 0.1) is 17.8 Å². The standard InChI is InChI=1S/C10H19NO/c1-7(2)10(12)6-11-5-9-4-8(9)3/h7-9,11H,4-6H2,1-3H3. The van der Waals surface area contributed by atoms with Crippen molar-refractivity contribution in [2.24, 2.45) is 17.8 Å². The summed E-state index contributed by atoms with van der Waals surface area (Å²) in [5, 5.41) is 3.21. The van der Waals surface area contributed by atoms with Gasteiger partial charge in [0.25, 0.3) is 0 Å². The minimum Gasteiger partial charge on any atom is -0.310 e. The smallest absolute Gasteiger partial charge is 0.149 e. The van der Waals surface area contributed by atoms with Gasteiger partial charge in [0.2, 0.25) is 0 Å². The van der Waals surface area contributed by atoms with Crippen LogP contribution < -0.4 is 5.32 Å². The maximum atomic E-state index is 11.2. The summed E-state index contributed by atoms with van der Waals surface area (Å²) in [5.41, 5.74) is 0. The summed E-state index contributed by atoms with van der Waals surface area (Å²) < 4.78 is 0. The molecule has 1 saturated carbocycles. The Morgan fingerprint density at radius 2 is 2.17 bits per heavy atom. The molecule has 0 aromatic carbocycles. The molecule has 1 aliphatic carbocycles. The molecule has 12 heavy (non-hydrogen) atoms. The third-order valence-electron chi connectivity index (χ3n) is 2.63. The van der Waals surface area contributed by atoms with Gasteiger partial charge >= 0.3 is 0 Å². The zero-order valence-electron chi connectivity index (χ0n) is 8.26. The van der Waals surface area contributed by atoms with E-state index in [1.54, 1.807) is 0 Å². The molecule has 0 radical (unpaired) electrons. The van der Waals surface area contributed by atoms with E-state index < -0.39 is 0 Å². The van der Waals surface area contributed by atoms with E-state index in [1.165, 1.54) is 6.42 Å². The van der Waals surface area contributed by atoms with Crippen LogP contribution in [-0.4, -0.2) is 18.9 Å². The summed E-state index contributed by atoms with van der Waals surface area (Å²) in [6.07, 6.45) is 1.34. The summed E-state index contributed by atoms with van der Waals surface area (Å²) in [5.74, 6) is 2.22. The van der Waals surface area contributed by atoms with Crippen LogP contribution in [0.1, 0.15) is 27.2 Å². The molecule has 0 heterocycles. The SMILES string of the molecule is CC(C)C(=O)CNCC1CC1C. The molecule has 70 valence electrons. The second-order valence-electron chi connectivity index (χ2n) is 4.22. The molecule has 2 unspecified atom stereocenters. The van der Waals surface area contributed by atoms with Crippen molar-refractivity contribution in [2.75, 3.05) is 13.1 Å². The number of hydrogen-bond donors (Lipinski definition) is 1. The van der Waals surface area contributed by atoms with Crippen molar-refractivity contribution < 1.29 is 4.79 Å². The number of Topliss-reactive ketones (excluding diaryl/α,β-unsaturated/α-hetero) is 1. The van der Waals surface area contributed by atoms with Crippen molar-refractivity contribution >= 4 is 5.78 Å². The lowest BCUT2D eigenvalue weighted by molar-refractivity contribution is -0.121. The molecule has 0 aromatic rings. The van der Waals surface area contributed by atoms with Gasteiger partial charge in [-0.25, -0.2) is 0 Å². The van der Waals surface area contributed by atoms with Gasteiger partial charge in [-0.05, 0) is 24.8 Å². The fourth-order valence-electron chi connectivity index (χ4n) is 1.27. The molecule has 0 spiro atoms. The Labute approximate surface area is 74.7 Å². The molecular weight excluding hydrogens is 150 g/mol. The Bertz CT molecular complexity index is 165. The van der Waals surface area contributed by atoms with E-state index in [9.17, 15) is 4.79 Å². The van der Waals surface area contributed by atoms with Crippen molar-refractivity contribution in [1.29, 1.82) is 0 Å². The quantitative estimate of drug-likeness (QED) is 0.675. The zero-order chi connectivity index (χ0) is 9.14. The highest BCUT2D eigenvalue weighted by atomic mass is 16.1. The summed E-state index contributed by atoms with van der Waals surface area (Å²) in [7, 11) is 0. The van der Waals surface area contributed by atoms with Crippen LogP contribution >= 0.6 is 0 Å². The van der Waals surface area contributed by atoms with E-state index in [2.05, 4.69) is 12.2 Å². The van der Waals surface area contributed by atoms with Crippen LogP contribution in [0.5, 0.6) is 0 Å². The fraction of sp³-hybridized carbons (Fsp3) is 0.900. The minimum atomic E-state index is 0.175. The van der Waals surface area contributed by atoms with Gasteiger partial charge in [-0.15, -0.1) is 0 Å². The van der Waals surface area contributed by atoms with Crippen molar-refractivity contribution in [1.82, 2.24) is 5.32 Å². The molecule has 1 rings (SSSR count). The topological polar surface area (TPSA) is 29.1 Å². The average Bonchev–Trinajstić information content (AvgIpc) is 2.66. The molecule has 0 saturated heterocycles. The first kappa shape index (κ1) is 9.72. The van der Waals surface area contributed by atoms with Crippen LogP contribution in [0.4, 0.5) is 0 Å². The van der Waals surface area contributed by atoms with Crippen molar-refractivity contribution in [2.45, 2.75) is 27.2 Å². The largest absolute Gasteiger partial charge is 0.310 e. The van der Waals surface area contributed by atoms with E-state index in [0.29, 0.717) is 12.3 Å². The van der Waals surface area contributed by atoms with Gasteiger partial charge < -0.3 is 5.32 Å². The molecule has 1 N–H and O–H groups in total. The molecule has 1 aliphatic rings. The van der Waals surface area contributed by atoms with Gasteiger partial charge in [0.1, 0.15) is 5.78 Å². The highest BCUT2D eigenvalue weighted by Crippen LogP contribution is 2.36. The normalized spacial score (nSPS) is 27.7. The van der Waals surface area contributed by atoms with Gasteiger partial charge in [0, 0.05) is 5.92 Å². The van der Waals surface area contributed by atoms with Crippen molar-refractivity contribution in [3.05, 3.63) is 0 Å². The lowest BCUT2D eigenvalue weighted by Crippen LogP contribution is -2.27. The Morgan fingerprint density at radius 1 is 1.58 bits per heavy atom. The Morgan fingerprint density at radius 3 is 2.58 bits per heavy atom. The maximum Gasteiger partial charge on any atom is 0.149 e. The van der Waals surface area contributed by atoms with E-state index >= 15 is 0 Å². The lowest BCUT2D eigenvalue weighted by Gasteiger charge is -2.05. The number of nitrogens with one attached hydrogen (secondary N) is 1. The van der Waals surface area contributed by atoms with E-state index in [-0.39, 0.29) is 5.92 Å². The Balaban J connectivity index is 1.99. The highest BCUT2D eigenvalue weighted by molar-refractivity contribution is 5.82. The predicted molar refractivity (Wildman–Crippen MR) is 50.0 cm³/mol. The zero-order valence-corrected chi connectivity index (χ0v) is 8.26. The Kier molecular flexibility index (Phi) is 3.27. The van der Waals surface area contributed by atoms with E-state index in [1.807, 2.05) is 13.8 Å². The maximum absolute atomic E-state index is 11.2. The molecule has 0 amide bonds. The molecular formula is C10H19NO.